The number of nitrogens with zero attached hydrogens (tertiary/aromatic N) is 3. The van der Waals surface area contributed by atoms with Crippen LogP contribution in [0.15, 0.2) is 24.5 Å². The zero-order chi connectivity index (χ0) is 21.0. The monoisotopic (exact) mass is 400 g/mol. The molecule has 2 aliphatic rings. The summed E-state index contributed by atoms with van der Waals surface area (Å²) in [6.45, 7) is 8.07. The lowest BCUT2D eigenvalue weighted by Gasteiger charge is -2.48. The molecule has 0 radical (unpaired) electrons. The maximum atomic E-state index is 12.9. The molecule has 3 amide bonds. The number of rotatable bonds is 5. The molecule has 29 heavy (non-hydrogen) atoms. The lowest BCUT2D eigenvalue weighted by molar-refractivity contribution is -0.144. The van der Waals surface area contributed by atoms with E-state index >= 15 is 0 Å². The smallest absolute Gasteiger partial charge is 0.245 e. The Kier molecular flexibility index (Phi) is 6.55. The molecular formula is C22H32N4O3. The predicted molar refractivity (Wildman–Crippen MR) is 110 cm³/mol. The van der Waals surface area contributed by atoms with Crippen LogP contribution >= 0.6 is 0 Å². The molecule has 1 spiro atoms. The molecule has 1 aromatic rings. The Balaban J connectivity index is 1.61. The minimum atomic E-state index is -0.474. The molecule has 1 atom stereocenters. The molecule has 0 bridgehead atoms. The molecule has 7 nitrogen and oxygen atoms in total. The van der Waals surface area contributed by atoms with Crippen LogP contribution in [-0.4, -0.2) is 58.2 Å². The van der Waals surface area contributed by atoms with Gasteiger partial charge in [-0.25, -0.2) is 0 Å². The number of pyridine rings is 1. The summed E-state index contributed by atoms with van der Waals surface area (Å²) in [7, 11) is 0. The number of nitrogens with one attached hydrogen (secondary N) is 1. The van der Waals surface area contributed by atoms with Crippen LogP contribution in [-0.2, 0) is 20.9 Å². The van der Waals surface area contributed by atoms with Gasteiger partial charge < -0.3 is 15.1 Å². The Bertz CT molecular complexity index is 742. The fourth-order valence-electron chi connectivity index (χ4n) is 4.49. The van der Waals surface area contributed by atoms with Gasteiger partial charge in [0.2, 0.25) is 17.7 Å². The molecule has 0 aromatic carbocycles. The van der Waals surface area contributed by atoms with Crippen LogP contribution in [0.2, 0.25) is 0 Å². The largest absolute Gasteiger partial charge is 0.344 e. The predicted octanol–water partition coefficient (Wildman–Crippen LogP) is 1.97. The van der Waals surface area contributed by atoms with Crippen molar-refractivity contribution in [1.29, 1.82) is 0 Å². The number of piperidine rings is 2. The van der Waals surface area contributed by atoms with Gasteiger partial charge >= 0.3 is 0 Å². The van der Waals surface area contributed by atoms with Gasteiger partial charge in [-0.1, -0.05) is 13.8 Å². The molecule has 3 rings (SSSR count). The molecule has 7 heteroatoms. The molecule has 3 heterocycles. The fourth-order valence-corrected chi connectivity index (χ4v) is 4.49. The summed E-state index contributed by atoms with van der Waals surface area (Å²) in [5.74, 6) is 0.0792. The van der Waals surface area contributed by atoms with E-state index in [1.54, 1.807) is 12.4 Å². The molecule has 2 aliphatic heterocycles. The first-order valence-electron chi connectivity index (χ1n) is 10.5. The normalized spacial score (nSPS) is 20.1. The SMILES string of the molecule is CC(=O)NC(C(=O)N1CCC2(CCC(=O)N(Cc3ccncc3)C2)CC1)C(C)C. The lowest BCUT2D eigenvalue weighted by Crippen LogP contribution is -2.56. The molecule has 1 N–H and O–H groups in total. The van der Waals surface area contributed by atoms with Gasteiger partial charge in [0.25, 0.3) is 0 Å². The van der Waals surface area contributed by atoms with Gasteiger partial charge in [0.15, 0.2) is 0 Å². The average molecular weight is 401 g/mol. The Morgan fingerprint density at radius 3 is 2.41 bits per heavy atom. The standard InChI is InChI=1S/C22H32N4O3/c1-16(2)20(24-17(3)27)21(29)25-12-8-22(9-13-25)7-4-19(28)26(15-22)14-18-5-10-23-11-6-18/h5-6,10-11,16,20H,4,7-9,12-15H2,1-3H3,(H,24,27). The first-order chi connectivity index (χ1) is 13.8. The lowest BCUT2D eigenvalue weighted by atomic mass is 9.72. The van der Waals surface area contributed by atoms with Crippen molar-refractivity contribution in [2.24, 2.45) is 11.3 Å². The summed E-state index contributed by atoms with van der Waals surface area (Å²) in [6, 6.07) is 3.42. The highest BCUT2D eigenvalue weighted by Crippen LogP contribution is 2.40. The van der Waals surface area contributed by atoms with E-state index in [0.29, 0.717) is 26.1 Å². The van der Waals surface area contributed by atoms with Crippen LogP contribution in [0.3, 0.4) is 0 Å². The zero-order valence-electron chi connectivity index (χ0n) is 17.7. The van der Waals surface area contributed by atoms with Crippen molar-refractivity contribution < 1.29 is 14.4 Å². The van der Waals surface area contributed by atoms with Crippen molar-refractivity contribution in [2.45, 2.75) is 59.0 Å². The Labute approximate surface area is 172 Å². The molecule has 1 unspecified atom stereocenters. The van der Waals surface area contributed by atoms with Crippen LogP contribution in [0, 0.1) is 11.3 Å². The van der Waals surface area contributed by atoms with Crippen LogP contribution in [0.25, 0.3) is 0 Å². The summed E-state index contributed by atoms with van der Waals surface area (Å²) < 4.78 is 0. The summed E-state index contributed by atoms with van der Waals surface area (Å²) in [5.41, 5.74) is 1.17. The number of carbonyl (C=O) groups is 3. The molecular weight excluding hydrogens is 368 g/mol. The van der Waals surface area contributed by atoms with E-state index in [9.17, 15) is 14.4 Å². The van der Waals surface area contributed by atoms with E-state index in [4.69, 9.17) is 0 Å². The topological polar surface area (TPSA) is 82.6 Å². The van der Waals surface area contributed by atoms with Crippen LogP contribution < -0.4 is 5.32 Å². The Morgan fingerprint density at radius 1 is 1.17 bits per heavy atom. The number of hydrogen-bond acceptors (Lipinski definition) is 4. The minimum Gasteiger partial charge on any atom is -0.344 e. The second kappa shape index (κ2) is 8.93. The summed E-state index contributed by atoms with van der Waals surface area (Å²) in [4.78, 5) is 44.8. The highest BCUT2D eigenvalue weighted by Gasteiger charge is 2.42. The van der Waals surface area contributed by atoms with Crippen molar-refractivity contribution in [2.75, 3.05) is 19.6 Å². The molecule has 1 aromatic heterocycles. The number of hydrogen-bond donors (Lipinski definition) is 1. The molecule has 0 saturated carbocycles. The highest BCUT2D eigenvalue weighted by molar-refractivity contribution is 5.87. The number of amides is 3. The minimum absolute atomic E-state index is 0.00516. The van der Waals surface area contributed by atoms with Gasteiger partial charge in [-0.05, 0) is 48.3 Å². The van der Waals surface area contributed by atoms with Gasteiger partial charge in [-0.15, -0.1) is 0 Å². The molecule has 2 fully saturated rings. The van der Waals surface area contributed by atoms with Crippen molar-refractivity contribution in [1.82, 2.24) is 20.1 Å². The van der Waals surface area contributed by atoms with Crippen molar-refractivity contribution in [3.8, 4) is 0 Å². The first kappa shape index (κ1) is 21.3. The van der Waals surface area contributed by atoms with E-state index in [1.165, 1.54) is 6.92 Å². The molecule has 2 saturated heterocycles. The van der Waals surface area contributed by atoms with Crippen molar-refractivity contribution in [3.05, 3.63) is 30.1 Å². The van der Waals surface area contributed by atoms with Crippen LogP contribution in [0.4, 0.5) is 0 Å². The van der Waals surface area contributed by atoms with E-state index in [-0.39, 0.29) is 29.1 Å². The third-order valence-corrected chi connectivity index (χ3v) is 6.30. The maximum absolute atomic E-state index is 12.9. The van der Waals surface area contributed by atoms with E-state index in [2.05, 4.69) is 10.3 Å². The van der Waals surface area contributed by atoms with Crippen LogP contribution in [0.5, 0.6) is 0 Å². The van der Waals surface area contributed by atoms with Gasteiger partial charge in [0.05, 0.1) is 0 Å². The fraction of sp³-hybridized carbons (Fsp3) is 0.636. The summed E-state index contributed by atoms with van der Waals surface area (Å²) in [5, 5.41) is 2.80. The van der Waals surface area contributed by atoms with E-state index in [0.717, 1.165) is 31.4 Å². The number of likely N-dealkylation sites (tertiary alicyclic amines) is 2. The molecule has 0 aliphatic carbocycles. The van der Waals surface area contributed by atoms with E-state index < -0.39 is 6.04 Å². The number of aromatic nitrogens is 1. The maximum Gasteiger partial charge on any atom is 0.245 e. The summed E-state index contributed by atoms with van der Waals surface area (Å²) >= 11 is 0. The third-order valence-electron chi connectivity index (χ3n) is 6.30. The quantitative estimate of drug-likeness (QED) is 0.819. The van der Waals surface area contributed by atoms with Gasteiger partial charge in [-0.3, -0.25) is 19.4 Å². The highest BCUT2D eigenvalue weighted by atomic mass is 16.2. The Hall–Kier alpha value is -2.44. The summed E-state index contributed by atoms with van der Waals surface area (Å²) in [6.07, 6.45) is 6.75. The molecule has 158 valence electrons. The van der Waals surface area contributed by atoms with Crippen molar-refractivity contribution in [3.63, 3.8) is 0 Å². The van der Waals surface area contributed by atoms with Crippen LogP contribution in [0.1, 0.15) is 52.0 Å². The Morgan fingerprint density at radius 2 is 1.83 bits per heavy atom. The zero-order valence-corrected chi connectivity index (χ0v) is 17.7. The van der Waals surface area contributed by atoms with Gasteiger partial charge in [0.1, 0.15) is 6.04 Å². The second-order valence-corrected chi connectivity index (χ2v) is 8.85. The van der Waals surface area contributed by atoms with Crippen molar-refractivity contribution >= 4 is 17.7 Å². The van der Waals surface area contributed by atoms with E-state index in [1.807, 2.05) is 35.8 Å². The third kappa shape index (κ3) is 5.14. The van der Waals surface area contributed by atoms with Gasteiger partial charge in [0, 0.05) is 51.9 Å². The average Bonchev–Trinajstić information content (AvgIpc) is 2.70. The van der Waals surface area contributed by atoms with Gasteiger partial charge in [-0.2, -0.15) is 0 Å². The second-order valence-electron chi connectivity index (χ2n) is 8.85. The first-order valence-corrected chi connectivity index (χ1v) is 10.5. The number of carbonyl (C=O) groups excluding carboxylic acids is 3.